The van der Waals surface area contributed by atoms with E-state index in [-0.39, 0.29) is 17.0 Å². The minimum Gasteiger partial charge on any atom is -0.434 e. The maximum absolute atomic E-state index is 13.4. The van der Waals surface area contributed by atoms with Crippen molar-refractivity contribution in [1.29, 1.82) is 0 Å². The van der Waals surface area contributed by atoms with E-state index >= 15 is 0 Å². The third kappa shape index (κ3) is 4.57. The summed E-state index contributed by atoms with van der Waals surface area (Å²) in [4.78, 5) is 11.7. The first-order chi connectivity index (χ1) is 11.0. The number of para-hydroxylation sites is 1. The first-order valence-electron chi connectivity index (χ1n) is 6.44. The maximum atomic E-state index is 13.4. The molecule has 23 heavy (non-hydrogen) atoms. The number of hydrogen-bond donors (Lipinski definition) is 1. The minimum absolute atomic E-state index is 0.108. The van der Waals surface area contributed by atoms with Gasteiger partial charge in [0.25, 0.3) is 0 Å². The van der Waals surface area contributed by atoms with Gasteiger partial charge in [0, 0.05) is 11.6 Å². The maximum Gasteiger partial charge on any atom is 0.387 e. The predicted molar refractivity (Wildman–Crippen MR) is 77.1 cm³/mol. The van der Waals surface area contributed by atoms with Gasteiger partial charge in [-0.15, -0.1) is 0 Å². The molecule has 0 saturated heterocycles. The summed E-state index contributed by atoms with van der Waals surface area (Å²) in [5.41, 5.74) is -0.0839. The monoisotopic (exact) mass is 325 g/mol. The second-order valence-electron chi connectivity index (χ2n) is 4.34. The second kappa shape index (κ2) is 7.44. The van der Waals surface area contributed by atoms with E-state index in [1.54, 1.807) is 6.07 Å². The first kappa shape index (κ1) is 16.5. The molecule has 3 nitrogen and oxygen atoms in total. The molecule has 0 atom stereocenters. The van der Waals surface area contributed by atoms with Crippen LogP contribution in [-0.4, -0.2) is 12.5 Å². The van der Waals surface area contributed by atoms with Gasteiger partial charge in [-0.25, -0.2) is 8.78 Å². The Hall–Kier alpha value is -2.83. The van der Waals surface area contributed by atoms with E-state index in [1.165, 1.54) is 36.4 Å². The van der Waals surface area contributed by atoms with Crippen molar-refractivity contribution in [3.05, 3.63) is 65.7 Å². The number of carbonyl (C=O) groups is 1. The first-order valence-corrected chi connectivity index (χ1v) is 6.44. The van der Waals surface area contributed by atoms with Crippen molar-refractivity contribution in [2.24, 2.45) is 0 Å². The van der Waals surface area contributed by atoms with Gasteiger partial charge in [-0.1, -0.05) is 24.3 Å². The molecular weight excluding hydrogens is 314 g/mol. The van der Waals surface area contributed by atoms with E-state index in [0.29, 0.717) is 0 Å². The number of nitrogens with one attached hydrogen (secondary N) is 1. The molecule has 0 saturated carbocycles. The van der Waals surface area contributed by atoms with Crippen molar-refractivity contribution in [1.82, 2.24) is 0 Å². The van der Waals surface area contributed by atoms with Crippen LogP contribution in [0.3, 0.4) is 0 Å². The molecule has 0 heterocycles. The van der Waals surface area contributed by atoms with Gasteiger partial charge in [-0.2, -0.15) is 8.78 Å². The summed E-state index contributed by atoms with van der Waals surface area (Å²) < 4.78 is 55.3. The van der Waals surface area contributed by atoms with Gasteiger partial charge in [-0.05, 0) is 24.3 Å². The van der Waals surface area contributed by atoms with Crippen molar-refractivity contribution in [3.8, 4) is 5.75 Å². The van der Waals surface area contributed by atoms with Crippen LogP contribution >= 0.6 is 0 Å². The van der Waals surface area contributed by atoms with E-state index in [4.69, 9.17) is 0 Å². The lowest BCUT2D eigenvalue weighted by Crippen LogP contribution is -2.10. The fraction of sp³-hybridized carbons (Fsp3) is 0.0625. The summed E-state index contributed by atoms with van der Waals surface area (Å²) in [6, 6.07) is 9.19. The SMILES string of the molecule is O=C(/C=C/c1ccccc1OC(F)F)Nc1cccc(F)c1F. The van der Waals surface area contributed by atoms with E-state index in [9.17, 15) is 22.4 Å². The quantitative estimate of drug-likeness (QED) is 0.660. The molecule has 1 N–H and O–H groups in total. The summed E-state index contributed by atoms with van der Waals surface area (Å²) in [5, 5.41) is 2.15. The van der Waals surface area contributed by atoms with Crippen LogP contribution in [-0.2, 0) is 4.79 Å². The van der Waals surface area contributed by atoms with Crippen LogP contribution in [0.25, 0.3) is 6.08 Å². The highest BCUT2D eigenvalue weighted by molar-refractivity contribution is 6.02. The third-order valence-corrected chi connectivity index (χ3v) is 2.76. The van der Waals surface area contributed by atoms with Crippen LogP contribution in [0.4, 0.5) is 23.2 Å². The lowest BCUT2D eigenvalue weighted by atomic mass is 10.2. The topological polar surface area (TPSA) is 38.3 Å². The Morgan fingerprint density at radius 2 is 1.83 bits per heavy atom. The number of benzene rings is 2. The lowest BCUT2D eigenvalue weighted by Gasteiger charge is -2.07. The average Bonchev–Trinajstić information content (AvgIpc) is 2.50. The molecule has 120 valence electrons. The van der Waals surface area contributed by atoms with Gasteiger partial charge in [0.15, 0.2) is 11.6 Å². The van der Waals surface area contributed by atoms with Crippen LogP contribution in [0.1, 0.15) is 5.56 Å². The van der Waals surface area contributed by atoms with Crippen molar-refractivity contribution in [2.75, 3.05) is 5.32 Å². The zero-order valence-electron chi connectivity index (χ0n) is 11.6. The number of hydrogen-bond acceptors (Lipinski definition) is 2. The fourth-order valence-corrected chi connectivity index (χ4v) is 1.76. The third-order valence-electron chi connectivity index (χ3n) is 2.76. The van der Waals surface area contributed by atoms with Crippen LogP contribution < -0.4 is 10.1 Å². The Bertz CT molecular complexity index is 732. The molecule has 0 radical (unpaired) electrons. The summed E-state index contributed by atoms with van der Waals surface area (Å²) in [6.07, 6.45) is 2.22. The number of alkyl halides is 2. The Labute approximate surface area is 129 Å². The minimum atomic E-state index is -3.00. The average molecular weight is 325 g/mol. The zero-order chi connectivity index (χ0) is 16.8. The molecule has 0 aliphatic heterocycles. The molecule has 0 aliphatic rings. The molecule has 0 unspecified atom stereocenters. The molecule has 0 bridgehead atoms. The molecule has 1 amide bonds. The van der Waals surface area contributed by atoms with Gasteiger partial charge in [0.2, 0.25) is 5.91 Å². The highest BCUT2D eigenvalue weighted by Gasteiger charge is 2.10. The van der Waals surface area contributed by atoms with Crippen LogP contribution in [0.2, 0.25) is 0 Å². The van der Waals surface area contributed by atoms with E-state index in [0.717, 1.165) is 12.1 Å². The number of carbonyl (C=O) groups excluding carboxylic acids is 1. The standard InChI is InChI=1S/C16H11F4NO2/c17-11-5-3-6-12(15(11)18)21-14(22)9-8-10-4-1-2-7-13(10)23-16(19)20/h1-9,16H,(H,21,22)/b9-8+. The molecule has 0 aromatic heterocycles. The number of halogens is 4. The lowest BCUT2D eigenvalue weighted by molar-refractivity contribution is -0.111. The molecule has 7 heteroatoms. The van der Waals surface area contributed by atoms with Crippen molar-refractivity contribution in [2.45, 2.75) is 6.61 Å². The zero-order valence-corrected chi connectivity index (χ0v) is 11.6. The van der Waals surface area contributed by atoms with Gasteiger partial charge in [0.05, 0.1) is 5.69 Å². The summed E-state index contributed by atoms with van der Waals surface area (Å²) in [5.74, 6) is -3.14. The molecule has 2 aromatic rings. The smallest absolute Gasteiger partial charge is 0.387 e. The van der Waals surface area contributed by atoms with Crippen molar-refractivity contribution >= 4 is 17.7 Å². The highest BCUT2D eigenvalue weighted by atomic mass is 19.3. The van der Waals surface area contributed by atoms with Crippen LogP contribution in [0, 0.1) is 11.6 Å². The Morgan fingerprint density at radius 1 is 1.09 bits per heavy atom. The summed E-state index contributed by atoms with van der Waals surface area (Å²) in [6.45, 7) is -3.00. The Balaban J connectivity index is 2.11. The van der Waals surface area contributed by atoms with Gasteiger partial charge < -0.3 is 10.1 Å². The van der Waals surface area contributed by atoms with Crippen molar-refractivity contribution in [3.63, 3.8) is 0 Å². The summed E-state index contributed by atoms with van der Waals surface area (Å²) in [7, 11) is 0. The Kier molecular flexibility index (Phi) is 5.35. The number of anilines is 1. The van der Waals surface area contributed by atoms with Gasteiger partial charge >= 0.3 is 6.61 Å². The van der Waals surface area contributed by atoms with Gasteiger partial charge in [-0.3, -0.25) is 4.79 Å². The highest BCUT2D eigenvalue weighted by Crippen LogP contribution is 2.22. The van der Waals surface area contributed by atoms with E-state index in [2.05, 4.69) is 10.1 Å². The Morgan fingerprint density at radius 3 is 2.57 bits per heavy atom. The number of amides is 1. The normalized spacial score (nSPS) is 11.0. The van der Waals surface area contributed by atoms with Crippen LogP contribution in [0.15, 0.2) is 48.5 Å². The number of rotatable bonds is 5. The second-order valence-corrected chi connectivity index (χ2v) is 4.34. The molecule has 0 spiro atoms. The molecular formula is C16H11F4NO2. The molecule has 0 aliphatic carbocycles. The van der Waals surface area contributed by atoms with Crippen LogP contribution in [0.5, 0.6) is 5.75 Å². The van der Waals surface area contributed by atoms with Crippen molar-refractivity contribution < 1.29 is 27.1 Å². The predicted octanol–water partition coefficient (Wildman–Crippen LogP) is 4.22. The fourth-order valence-electron chi connectivity index (χ4n) is 1.76. The molecule has 0 fully saturated rings. The largest absolute Gasteiger partial charge is 0.434 e. The van der Waals surface area contributed by atoms with E-state index < -0.39 is 24.2 Å². The van der Waals surface area contributed by atoms with E-state index in [1.807, 2.05) is 0 Å². The summed E-state index contributed by atoms with van der Waals surface area (Å²) >= 11 is 0. The number of ether oxygens (including phenoxy) is 1. The molecule has 2 aromatic carbocycles. The van der Waals surface area contributed by atoms with Gasteiger partial charge in [0.1, 0.15) is 5.75 Å². The molecule has 2 rings (SSSR count).